The number of guanidine groups is 1. The maximum absolute atomic E-state index is 12.8. The van der Waals surface area contributed by atoms with Crippen LogP contribution in [-0.4, -0.2) is 91.1 Å². The largest absolute Gasteiger partial charge is 0.394 e. The molecule has 0 radical (unpaired) electrons. The maximum Gasteiger partial charge on any atom is 0.256 e. The Morgan fingerprint density at radius 3 is 2.58 bits per heavy atom. The van der Waals surface area contributed by atoms with Crippen molar-refractivity contribution in [1.29, 1.82) is 5.41 Å². The van der Waals surface area contributed by atoms with Crippen LogP contribution in [0.5, 0.6) is 0 Å². The van der Waals surface area contributed by atoms with Gasteiger partial charge < -0.3 is 25.4 Å². The summed E-state index contributed by atoms with van der Waals surface area (Å²) in [4.78, 5) is 37.5. The molecule has 1 aromatic rings. The normalized spacial score (nSPS) is 19.2. The van der Waals surface area contributed by atoms with Gasteiger partial charge in [-0.25, -0.2) is 23.3 Å². The molecule has 2 rings (SSSR count). The molecule has 16 heteroatoms. The fraction of sp³-hybridized carbons (Fsp3) is 0.591. The molecule has 1 saturated heterocycles. The number of carbonyl (C=O) groups is 2. The Kier molecular flexibility index (Phi) is 11.8. The summed E-state index contributed by atoms with van der Waals surface area (Å²) in [6.07, 6.45) is 0.318. The Bertz CT molecular complexity index is 1070. The second kappa shape index (κ2) is 14.6. The molecule has 1 aliphatic heterocycles. The van der Waals surface area contributed by atoms with E-state index in [1.54, 1.807) is 42.7 Å². The van der Waals surface area contributed by atoms with Gasteiger partial charge in [0.2, 0.25) is 21.8 Å². The minimum Gasteiger partial charge on any atom is -0.394 e. The number of aliphatic hydroxyl groups is 1. The number of likely N-dealkylation sites (tertiary alicyclic amines) is 1. The van der Waals surface area contributed by atoms with Crippen molar-refractivity contribution in [3.63, 3.8) is 0 Å². The number of hydrazine groups is 1. The first-order valence-corrected chi connectivity index (χ1v) is 13.8. The average molecular weight is 558 g/mol. The predicted molar refractivity (Wildman–Crippen MR) is 137 cm³/mol. The first-order chi connectivity index (χ1) is 18.0. The number of nitrogens with zero attached hydrogens (tertiary/aromatic N) is 2. The van der Waals surface area contributed by atoms with Gasteiger partial charge in [0.1, 0.15) is 12.1 Å². The molecule has 6 N–H and O–H groups in total. The zero-order chi connectivity index (χ0) is 28.3. The van der Waals surface area contributed by atoms with Crippen LogP contribution >= 0.6 is 0 Å². The van der Waals surface area contributed by atoms with Gasteiger partial charge in [-0.2, -0.15) is 0 Å². The highest BCUT2D eigenvalue weighted by Crippen LogP contribution is 2.19. The molecule has 212 valence electrons. The van der Waals surface area contributed by atoms with E-state index in [4.69, 9.17) is 10.1 Å². The molecule has 0 aromatic heterocycles. The van der Waals surface area contributed by atoms with E-state index in [0.717, 1.165) is 5.56 Å². The van der Waals surface area contributed by atoms with Crippen LogP contribution in [0.25, 0.3) is 0 Å². The van der Waals surface area contributed by atoms with E-state index in [1.807, 2.05) is 0 Å². The van der Waals surface area contributed by atoms with Gasteiger partial charge in [-0.15, -0.1) is 0 Å². The number of amides is 2. The number of aryl methyl sites for hydroxylation is 1. The number of benzene rings is 1. The number of carbonyl (C=O) groups excluding carboxylic acids is 2. The first kappa shape index (κ1) is 30.9. The summed E-state index contributed by atoms with van der Waals surface area (Å²) < 4.78 is 32.7. The molecule has 0 bridgehead atoms. The third kappa shape index (κ3) is 9.51. The number of hydrogen-bond donors (Lipinski definition) is 6. The smallest absolute Gasteiger partial charge is 0.256 e. The van der Waals surface area contributed by atoms with Crippen molar-refractivity contribution in [2.45, 2.75) is 57.5 Å². The third-order valence-corrected chi connectivity index (χ3v) is 7.18. The lowest BCUT2D eigenvalue weighted by Gasteiger charge is -2.41. The van der Waals surface area contributed by atoms with Gasteiger partial charge in [-0.05, 0) is 38.7 Å². The second-order valence-corrected chi connectivity index (χ2v) is 10.5. The zero-order valence-corrected chi connectivity index (χ0v) is 22.1. The SMILES string of the molecule is CCOC1[C@@H](NC(=O)[C@H](C)NC(=O)[C@@H](CO)NS(=O)(=O)CCc2ccccc2)CCCN1C(=N)N[N+](=O)[O-]. The van der Waals surface area contributed by atoms with Crippen molar-refractivity contribution in [2.75, 3.05) is 25.5 Å². The van der Waals surface area contributed by atoms with E-state index in [9.17, 15) is 33.2 Å². The van der Waals surface area contributed by atoms with E-state index < -0.39 is 63.8 Å². The van der Waals surface area contributed by atoms with Gasteiger partial charge in [-0.1, -0.05) is 35.8 Å². The maximum atomic E-state index is 12.8. The molecule has 0 saturated carbocycles. The van der Waals surface area contributed by atoms with Crippen molar-refractivity contribution < 1.29 is 32.9 Å². The molecule has 15 nitrogen and oxygen atoms in total. The fourth-order valence-electron chi connectivity index (χ4n) is 3.91. The van der Waals surface area contributed by atoms with E-state index in [-0.39, 0.29) is 18.8 Å². The van der Waals surface area contributed by atoms with Crippen LogP contribution in [0.15, 0.2) is 30.3 Å². The number of nitro groups is 1. The lowest BCUT2D eigenvalue weighted by atomic mass is 10.0. The Labute approximate surface area is 221 Å². The van der Waals surface area contributed by atoms with Gasteiger partial charge in [0.25, 0.3) is 5.96 Å². The van der Waals surface area contributed by atoms with Crippen LogP contribution in [0.3, 0.4) is 0 Å². The Balaban J connectivity index is 1.96. The minimum atomic E-state index is -3.92. The van der Waals surface area contributed by atoms with Crippen LogP contribution in [0, 0.1) is 15.5 Å². The summed E-state index contributed by atoms with van der Waals surface area (Å²) in [5.74, 6) is -2.29. The summed E-state index contributed by atoms with van der Waals surface area (Å²) in [6.45, 7) is 2.78. The lowest BCUT2D eigenvalue weighted by molar-refractivity contribution is -0.527. The fourth-order valence-corrected chi connectivity index (χ4v) is 5.15. The van der Waals surface area contributed by atoms with Crippen molar-refractivity contribution in [3.8, 4) is 0 Å². The van der Waals surface area contributed by atoms with Gasteiger partial charge in [0.15, 0.2) is 11.3 Å². The van der Waals surface area contributed by atoms with E-state index >= 15 is 0 Å². The summed E-state index contributed by atoms with van der Waals surface area (Å²) in [7, 11) is -3.92. The highest BCUT2D eigenvalue weighted by molar-refractivity contribution is 7.89. The van der Waals surface area contributed by atoms with Crippen LogP contribution in [0.1, 0.15) is 32.3 Å². The lowest BCUT2D eigenvalue weighted by Crippen LogP contribution is -2.62. The van der Waals surface area contributed by atoms with Gasteiger partial charge in [0.05, 0.1) is 18.4 Å². The number of piperidine rings is 1. The van der Waals surface area contributed by atoms with Crippen LogP contribution in [0.4, 0.5) is 0 Å². The summed E-state index contributed by atoms with van der Waals surface area (Å²) in [6, 6.07) is 5.65. The molecule has 38 heavy (non-hydrogen) atoms. The molecule has 1 heterocycles. The molecule has 0 spiro atoms. The summed E-state index contributed by atoms with van der Waals surface area (Å²) >= 11 is 0. The topological polar surface area (TPSA) is 216 Å². The van der Waals surface area contributed by atoms with Crippen molar-refractivity contribution in [3.05, 3.63) is 46.0 Å². The summed E-state index contributed by atoms with van der Waals surface area (Å²) in [5.41, 5.74) is 2.58. The van der Waals surface area contributed by atoms with E-state index in [0.29, 0.717) is 19.4 Å². The highest BCUT2D eigenvalue weighted by atomic mass is 32.2. The van der Waals surface area contributed by atoms with Gasteiger partial charge in [-0.3, -0.25) is 15.0 Å². The number of aliphatic hydroxyl groups excluding tert-OH is 1. The van der Waals surface area contributed by atoms with Crippen LogP contribution in [0.2, 0.25) is 0 Å². The number of hydrogen-bond acceptors (Lipinski definition) is 9. The Morgan fingerprint density at radius 1 is 1.29 bits per heavy atom. The molecule has 0 aliphatic carbocycles. The number of ether oxygens (including phenoxy) is 1. The van der Waals surface area contributed by atoms with Crippen molar-refractivity contribution >= 4 is 27.8 Å². The van der Waals surface area contributed by atoms with Crippen molar-refractivity contribution in [2.24, 2.45) is 0 Å². The monoisotopic (exact) mass is 557 g/mol. The molecule has 4 atom stereocenters. The minimum absolute atomic E-state index is 0.211. The first-order valence-electron chi connectivity index (χ1n) is 12.1. The Hall–Kier alpha value is -3.34. The molecule has 1 fully saturated rings. The molecular weight excluding hydrogens is 522 g/mol. The number of nitrogens with one attached hydrogen (secondary N) is 5. The third-order valence-electron chi connectivity index (χ3n) is 5.79. The molecule has 1 aromatic carbocycles. The quantitative estimate of drug-likeness (QED) is 0.0727. The van der Waals surface area contributed by atoms with Crippen molar-refractivity contribution in [1.82, 2.24) is 25.7 Å². The van der Waals surface area contributed by atoms with Crippen LogP contribution < -0.4 is 20.8 Å². The zero-order valence-electron chi connectivity index (χ0n) is 21.3. The Morgan fingerprint density at radius 2 is 1.97 bits per heavy atom. The second-order valence-electron chi connectivity index (χ2n) is 8.65. The average Bonchev–Trinajstić information content (AvgIpc) is 2.87. The summed E-state index contributed by atoms with van der Waals surface area (Å²) in [5, 5.41) is 32.5. The number of rotatable bonds is 13. The molecule has 1 unspecified atom stereocenters. The van der Waals surface area contributed by atoms with E-state index in [1.165, 1.54) is 11.8 Å². The highest BCUT2D eigenvalue weighted by Gasteiger charge is 2.37. The molecule has 1 aliphatic rings. The molecule has 2 amide bonds. The van der Waals surface area contributed by atoms with Gasteiger partial charge >= 0.3 is 0 Å². The standard InChI is InChI=1S/C22H35N7O8S/c1-3-37-21-17(10-7-12-28(21)22(23)26-29(33)34)25-19(31)15(2)24-20(32)18(14-30)27-38(35,36)13-11-16-8-5-4-6-9-16/h4-6,8-9,15,17-18,21,27,30H,3,7,10-14H2,1-2H3,(H2,23,26)(H,24,32)(H,25,31)/t15-,17-,18+,21?/m0/s1. The molecular formula is C22H35N7O8S. The van der Waals surface area contributed by atoms with Gasteiger partial charge in [0, 0.05) is 13.2 Å². The predicted octanol–water partition coefficient (Wildman–Crippen LogP) is -1.33. The number of sulfonamides is 1. The van der Waals surface area contributed by atoms with Crippen LogP contribution in [-0.2, 0) is 30.8 Å². The van der Waals surface area contributed by atoms with E-state index in [2.05, 4.69) is 15.4 Å².